The molecule has 2 N–H and O–H groups in total. The first kappa shape index (κ1) is 34.7. The van der Waals surface area contributed by atoms with Gasteiger partial charge in [-0.3, -0.25) is 9.59 Å². The van der Waals surface area contributed by atoms with Crippen LogP contribution >= 0.6 is 0 Å². The molecule has 0 aliphatic carbocycles. The van der Waals surface area contributed by atoms with Gasteiger partial charge in [-0.15, -0.1) is 0 Å². The maximum Gasteiger partial charge on any atom is 0.514 e. The largest absolute Gasteiger partial charge is 0.514 e. The zero-order valence-corrected chi connectivity index (χ0v) is 24.9. The summed E-state index contributed by atoms with van der Waals surface area (Å²) in [7, 11) is 1.21. The maximum absolute atomic E-state index is 12.7. The Bertz CT molecular complexity index is 995. The van der Waals surface area contributed by atoms with E-state index in [0.717, 1.165) is 12.8 Å². The van der Waals surface area contributed by atoms with Gasteiger partial charge in [0.15, 0.2) is 11.5 Å². The molecule has 0 heterocycles. The first-order valence-electron chi connectivity index (χ1n) is 13.7. The fourth-order valence-electron chi connectivity index (χ4n) is 4.00. The molecule has 0 saturated carbocycles. The Kier molecular flexibility index (Phi) is 14.5. The molecule has 0 aromatic heterocycles. The smallest absolute Gasteiger partial charge is 0.468 e. The predicted octanol–water partition coefficient (Wildman–Crippen LogP) is 5.49. The molecule has 0 radical (unpaired) electrons. The molecule has 2 unspecified atom stereocenters. The van der Waals surface area contributed by atoms with Crippen LogP contribution in [0.4, 0.5) is 9.59 Å². The van der Waals surface area contributed by atoms with Crippen LogP contribution in [0, 0.1) is 5.92 Å². The van der Waals surface area contributed by atoms with Gasteiger partial charge in [0, 0.05) is 12.8 Å². The number of hydrogen-bond acceptors (Lipinski definition) is 11. The molecule has 4 atom stereocenters. The number of nitrogens with two attached hydrogens (primary N) is 1. The third-order valence-electron chi connectivity index (χ3n) is 5.93. The summed E-state index contributed by atoms with van der Waals surface area (Å²) in [6.07, 6.45) is -0.609. The average molecular weight is 568 g/mol. The molecule has 11 nitrogen and oxygen atoms in total. The van der Waals surface area contributed by atoms with Crippen molar-refractivity contribution >= 4 is 24.2 Å². The molecule has 0 bridgehead atoms. The first-order valence-corrected chi connectivity index (χ1v) is 13.7. The summed E-state index contributed by atoms with van der Waals surface area (Å²) in [6, 6.07) is 4.38. The summed E-state index contributed by atoms with van der Waals surface area (Å²) in [6.45, 7) is 12.4. The van der Waals surface area contributed by atoms with Crippen LogP contribution in [-0.2, 0) is 35.0 Å². The minimum atomic E-state index is -1.59. The molecule has 0 saturated heterocycles. The van der Waals surface area contributed by atoms with Crippen molar-refractivity contribution in [1.82, 2.24) is 0 Å². The lowest BCUT2D eigenvalue weighted by Gasteiger charge is -2.29. The van der Waals surface area contributed by atoms with E-state index in [1.54, 1.807) is 40.7 Å². The summed E-state index contributed by atoms with van der Waals surface area (Å²) in [5, 5.41) is 0. The number of esters is 2. The second-order valence-electron chi connectivity index (χ2n) is 10.4. The lowest BCUT2D eigenvalue weighted by molar-refractivity contribution is -0.157. The van der Waals surface area contributed by atoms with Crippen molar-refractivity contribution in [3.63, 3.8) is 0 Å². The minimum Gasteiger partial charge on any atom is -0.468 e. The van der Waals surface area contributed by atoms with Gasteiger partial charge in [0.25, 0.3) is 0 Å². The SMILES string of the molecule is CCCC(C)OC(=O)Oc1cc(C[C@](N)(CC(C)OC(=O)C(C)C)C(=O)OC)ccc1OC(=O)O[C@@H](C)CCC. The minimum absolute atomic E-state index is 0.0369. The highest BCUT2D eigenvalue weighted by Gasteiger charge is 2.38. The second kappa shape index (κ2) is 16.7. The second-order valence-corrected chi connectivity index (χ2v) is 10.4. The number of hydrogen-bond donors (Lipinski definition) is 1. The number of benzene rings is 1. The van der Waals surface area contributed by atoms with E-state index in [9.17, 15) is 19.2 Å². The van der Waals surface area contributed by atoms with Crippen LogP contribution < -0.4 is 15.2 Å². The van der Waals surface area contributed by atoms with Gasteiger partial charge in [-0.2, -0.15) is 0 Å². The molecule has 40 heavy (non-hydrogen) atoms. The van der Waals surface area contributed by atoms with E-state index in [2.05, 4.69) is 0 Å². The summed E-state index contributed by atoms with van der Waals surface area (Å²) in [5.74, 6) is -1.71. The van der Waals surface area contributed by atoms with Crippen molar-refractivity contribution in [1.29, 1.82) is 0 Å². The number of carbonyl (C=O) groups is 4. The Labute approximate surface area is 236 Å². The van der Waals surface area contributed by atoms with Gasteiger partial charge in [0.1, 0.15) is 23.9 Å². The summed E-state index contributed by atoms with van der Waals surface area (Å²) < 4.78 is 31.6. The molecule has 1 rings (SSSR count). The lowest BCUT2D eigenvalue weighted by Crippen LogP contribution is -2.53. The van der Waals surface area contributed by atoms with E-state index >= 15 is 0 Å². The molecule has 0 aliphatic rings. The van der Waals surface area contributed by atoms with Crippen LogP contribution in [-0.4, -0.2) is 55.2 Å². The molecule has 0 amide bonds. The average Bonchev–Trinajstić information content (AvgIpc) is 2.84. The van der Waals surface area contributed by atoms with Gasteiger partial charge in [-0.05, 0) is 51.3 Å². The molecule has 1 aromatic rings. The van der Waals surface area contributed by atoms with Crippen LogP contribution in [0.25, 0.3) is 0 Å². The Morgan fingerprint density at radius 3 is 1.80 bits per heavy atom. The Hall–Kier alpha value is -3.34. The van der Waals surface area contributed by atoms with Crippen molar-refractivity contribution in [3.8, 4) is 11.5 Å². The van der Waals surface area contributed by atoms with E-state index in [4.69, 9.17) is 34.2 Å². The molecular formula is C29H45NO10. The topological polar surface area (TPSA) is 150 Å². The van der Waals surface area contributed by atoms with Gasteiger partial charge in [-0.1, -0.05) is 46.6 Å². The monoisotopic (exact) mass is 567 g/mol. The zero-order chi connectivity index (χ0) is 30.5. The normalized spacial score (nSPS) is 14.8. The van der Waals surface area contributed by atoms with Crippen LogP contribution in [0.2, 0.25) is 0 Å². The van der Waals surface area contributed by atoms with E-state index in [-0.39, 0.29) is 36.4 Å². The highest BCUT2D eigenvalue weighted by atomic mass is 16.7. The van der Waals surface area contributed by atoms with Crippen LogP contribution in [0.15, 0.2) is 18.2 Å². The molecule has 1 aromatic carbocycles. The fraction of sp³-hybridized carbons (Fsp3) is 0.655. The van der Waals surface area contributed by atoms with E-state index in [1.165, 1.54) is 19.2 Å². The first-order chi connectivity index (χ1) is 18.7. The Morgan fingerprint density at radius 2 is 1.32 bits per heavy atom. The van der Waals surface area contributed by atoms with Crippen molar-refractivity contribution in [3.05, 3.63) is 23.8 Å². The van der Waals surface area contributed by atoms with Crippen molar-refractivity contribution < 1.29 is 47.6 Å². The highest BCUT2D eigenvalue weighted by molar-refractivity contribution is 5.81. The van der Waals surface area contributed by atoms with Gasteiger partial charge >= 0.3 is 24.2 Å². The van der Waals surface area contributed by atoms with Crippen LogP contribution in [0.1, 0.15) is 86.1 Å². The number of rotatable bonds is 15. The third kappa shape index (κ3) is 11.8. The zero-order valence-electron chi connectivity index (χ0n) is 24.9. The van der Waals surface area contributed by atoms with Crippen LogP contribution in [0.5, 0.6) is 11.5 Å². The molecule has 0 spiro atoms. The molecule has 11 heteroatoms. The van der Waals surface area contributed by atoms with Gasteiger partial charge in [0.2, 0.25) is 0 Å². The third-order valence-corrected chi connectivity index (χ3v) is 5.93. The number of ether oxygens (including phenoxy) is 6. The molecular weight excluding hydrogens is 522 g/mol. The quantitative estimate of drug-likeness (QED) is 0.163. The Morgan fingerprint density at radius 1 is 0.800 bits per heavy atom. The van der Waals surface area contributed by atoms with Crippen molar-refractivity contribution in [2.75, 3.05) is 7.11 Å². The van der Waals surface area contributed by atoms with E-state index in [0.29, 0.717) is 18.4 Å². The van der Waals surface area contributed by atoms with Gasteiger partial charge in [0.05, 0.1) is 13.0 Å². The van der Waals surface area contributed by atoms with Crippen LogP contribution in [0.3, 0.4) is 0 Å². The van der Waals surface area contributed by atoms with E-state index in [1.807, 2.05) is 13.8 Å². The van der Waals surface area contributed by atoms with E-state index < -0.39 is 42.0 Å². The standard InChI is InChI=1S/C29H45NO10/c1-9-11-19(5)37-27(33)39-23-14-13-22(15-24(23)40-28(34)38-20(6)12-10-2)17-29(30,26(32)35-8)16-21(7)36-25(31)18(3)4/h13-15,18-21H,9-12,16-17,30H2,1-8H3/t19-,20?,21?,29+/m0/s1. The van der Waals surface area contributed by atoms with Crippen molar-refractivity contribution in [2.24, 2.45) is 11.7 Å². The fourth-order valence-corrected chi connectivity index (χ4v) is 4.00. The molecule has 0 fully saturated rings. The van der Waals surface area contributed by atoms with Gasteiger partial charge in [-0.25, -0.2) is 9.59 Å². The summed E-state index contributed by atoms with van der Waals surface area (Å²) in [4.78, 5) is 49.6. The Balaban J connectivity index is 3.28. The maximum atomic E-state index is 12.7. The number of carbonyl (C=O) groups excluding carboxylic acids is 4. The highest BCUT2D eigenvalue weighted by Crippen LogP contribution is 2.32. The molecule has 226 valence electrons. The number of methoxy groups -OCH3 is 1. The summed E-state index contributed by atoms with van der Waals surface area (Å²) in [5.41, 5.74) is 5.36. The lowest BCUT2D eigenvalue weighted by atomic mass is 9.86. The predicted molar refractivity (Wildman–Crippen MR) is 147 cm³/mol. The van der Waals surface area contributed by atoms with Crippen molar-refractivity contribution in [2.45, 2.75) is 111 Å². The summed E-state index contributed by atoms with van der Waals surface area (Å²) >= 11 is 0. The van der Waals surface area contributed by atoms with Gasteiger partial charge < -0.3 is 34.2 Å². The molecule has 0 aliphatic heterocycles.